The van der Waals surface area contributed by atoms with Crippen molar-refractivity contribution in [2.24, 2.45) is 0 Å². The lowest BCUT2D eigenvalue weighted by Crippen LogP contribution is -2.66. The van der Waals surface area contributed by atoms with Crippen molar-refractivity contribution in [3.63, 3.8) is 0 Å². The van der Waals surface area contributed by atoms with E-state index in [1.54, 1.807) is 51.1 Å². The van der Waals surface area contributed by atoms with Crippen molar-refractivity contribution >= 4 is 12.4 Å². The third-order valence-electron chi connectivity index (χ3n) is 6.36. The Morgan fingerprint density at radius 3 is 1.95 bits per heavy atom. The number of benzene rings is 2. The van der Waals surface area contributed by atoms with Crippen molar-refractivity contribution in [1.29, 1.82) is 0 Å². The van der Waals surface area contributed by atoms with Crippen molar-refractivity contribution < 1.29 is 45.4 Å². The summed E-state index contributed by atoms with van der Waals surface area (Å²) >= 11 is 0. The van der Waals surface area contributed by atoms with E-state index in [-0.39, 0.29) is 31.1 Å². The van der Waals surface area contributed by atoms with E-state index in [1.165, 1.54) is 6.92 Å². The van der Waals surface area contributed by atoms with Gasteiger partial charge in [0.2, 0.25) is 0 Å². The Bertz CT molecular complexity index is 1120. The summed E-state index contributed by atoms with van der Waals surface area (Å²) in [6.45, 7) is 6.24. The van der Waals surface area contributed by atoms with Crippen LogP contribution in [-0.4, -0.2) is 30.1 Å². The first kappa shape index (κ1) is 29.5. The quantitative estimate of drug-likeness (QED) is 0.301. The molecule has 38 heavy (non-hydrogen) atoms. The zero-order valence-corrected chi connectivity index (χ0v) is 21.3. The Labute approximate surface area is 216 Å². The van der Waals surface area contributed by atoms with Crippen LogP contribution in [0.2, 0.25) is 0 Å². The first-order valence-corrected chi connectivity index (χ1v) is 11.8. The van der Waals surface area contributed by atoms with E-state index >= 15 is 0 Å². The molecule has 2 aromatic carbocycles. The van der Waals surface area contributed by atoms with Crippen LogP contribution in [0, 0.1) is 0 Å². The molecule has 0 bridgehead atoms. The van der Waals surface area contributed by atoms with E-state index < -0.39 is 52.2 Å². The van der Waals surface area contributed by atoms with Gasteiger partial charge in [-0.1, -0.05) is 30.3 Å². The van der Waals surface area contributed by atoms with Crippen LogP contribution in [-0.2, 0) is 32.0 Å². The topological polar surface area (TPSA) is 64.6 Å². The van der Waals surface area contributed by atoms with Crippen LogP contribution >= 0.6 is 0 Å². The molecule has 0 radical (unpaired) electrons. The van der Waals surface area contributed by atoms with Gasteiger partial charge in [0.25, 0.3) is 0 Å². The van der Waals surface area contributed by atoms with Crippen molar-refractivity contribution in [2.45, 2.75) is 75.5 Å². The smallest absolute Gasteiger partial charge is 0.416 e. The van der Waals surface area contributed by atoms with Crippen molar-refractivity contribution in [1.82, 2.24) is 5.32 Å². The van der Waals surface area contributed by atoms with Crippen LogP contribution < -0.4 is 5.32 Å². The fourth-order valence-corrected chi connectivity index (χ4v) is 4.64. The Kier molecular flexibility index (Phi) is 7.94. The predicted molar refractivity (Wildman–Crippen MR) is 126 cm³/mol. The minimum Gasteiger partial charge on any atom is -0.444 e. The molecular weight excluding hydrogens is 516 g/mol. The van der Waals surface area contributed by atoms with Crippen LogP contribution in [0.5, 0.6) is 0 Å². The van der Waals surface area contributed by atoms with Gasteiger partial charge in [-0.3, -0.25) is 0 Å². The maximum absolute atomic E-state index is 13.3. The molecule has 11 heteroatoms. The zero-order valence-electron chi connectivity index (χ0n) is 21.3. The number of nitrogens with one attached hydrogen (secondary N) is 1. The van der Waals surface area contributed by atoms with Crippen LogP contribution in [0.3, 0.4) is 0 Å². The number of halogens is 6. The number of carbonyl (C=O) groups excluding carboxylic acids is 2. The molecule has 0 saturated heterocycles. The summed E-state index contributed by atoms with van der Waals surface area (Å²) < 4.78 is 90.9. The Morgan fingerprint density at radius 2 is 1.50 bits per heavy atom. The van der Waals surface area contributed by atoms with Crippen molar-refractivity contribution in [3.8, 4) is 0 Å². The summed E-state index contributed by atoms with van der Waals surface area (Å²) in [6.07, 6.45) is -11.1. The number of alkyl halides is 6. The van der Waals surface area contributed by atoms with Gasteiger partial charge in [0.1, 0.15) is 17.4 Å². The van der Waals surface area contributed by atoms with Gasteiger partial charge in [-0.2, -0.15) is 26.3 Å². The molecule has 5 nitrogen and oxygen atoms in total. The molecule has 208 valence electrons. The predicted octanol–water partition coefficient (Wildman–Crippen LogP) is 7.00. The first-order valence-electron chi connectivity index (χ1n) is 11.8. The van der Waals surface area contributed by atoms with Gasteiger partial charge in [-0.25, -0.2) is 4.79 Å². The Balaban J connectivity index is 1.86. The molecule has 1 unspecified atom stereocenters. The number of amides is 1. The summed E-state index contributed by atoms with van der Waals surface area (Å²) in [4.78, 5) is 24.4. The second-order valence-corrected chi connectivity index (χ2v) is 10.7. The molecule has 1 aliphatic carbocycles. The fraction of sp³-hybridized carbons (Fsp3) is 0.481. The molecule has 0 spiro atoms. The maximum atomic E-state index is 13.3. The monoisotopic (exact) mass is 545 g/mol. The molecule has 1 aliphatic rings. The lowest BCUT2D eigenvalue weighted by molar-refractivity contribution is -0.143. The maximum Gasteiger partial charge on any atom is 0.416 e. The summed E-state index contributed by atoms with van der Waals surface area (Å²) in [7, 11) is 0. The minimum atomic E-state index is -4.98. The summed E-state index contributed by atoms with van der Waals surface area (Å²) in [6, 6.07) is 10.2. The average molecular weight is 546 g/mol. The van der Waals surface area contributed by atoms with Gasteiger partial charge in [0.15, 0.2) is 0 Å². The second kappa shape index (κ2) is 10.2. The van der Waals surface area contributed by atoms with Gasteiger partial charge in [0.05, 0.1) is 23.8 Å². The van der Waals surface area contributed by atoms with Crippen LogP contribution in [0.25, 0.3) is 0 Å². The second-order valence-electron chi connectivity index (χ2n) is 10.7. The van der Waals surface area contributed by atoms with Crippen molar-refractivity contribution in [2.75, 3.05) is 6.61 Å². The summed E-state index contributed by atoms with van der Waals surface area (Å²) in [5, 5.41) is 2.59. The summed E-state index contributed by atoms with van der Waals surface area (Å²) in [5.74, 6) is 0. The molecule has 2 aromatic rings. The molecule has 0 heterocycles. The Morgan fingerprint density at radius 1 is 0.974 bits per heavy atom. The van der Waals surface area contributed by atoms with Gasteiger partial charge < -0.3 is 19.6 Å². The average Bonchev–Trinajstić information content (AvgIpc) is 2.78. The van der Waals surface area contributed by atoms with Gasteiger partial charge in [-0.15, -0.1) is 0 Å². The standard InChI is InChI=1S/C27H29F6NO4/c1-17(18-10-20(26(28,29)30)12-21(11-18)27(31,32)33)37-16-24(19-8-6-5-7-9-19)13-25(14-24,15-35)34-22(36)38-23(2,3)4/h5-12,15,17H,13-14,16H2,1-4H3,(H,34,36). The number of rotatable bonds is 7. The van der Waals surface area contributed by atoms with Crippen LogP contribution in [0.4, 0.5) is 31.1 Å². The molecule has 1 amide bonds. The van der Waals surface area contributed by atoms with E-state index in [4.69, 9.17) is 9.47 Å². The van der Waals surface area contributed by atoms with Crippen LogP contribution in [0.15, 0.2) is 48.5 Å². The molecular formula is C27H29F6NO4. The number of hydrogen-bond donors (Lipinski definition) is 1. The number of hydrogen-bond acceptors (Lipinski definition) is 4. The number of carbonyl (C=O) groups is 2. The van der Waals surface area contributed by atoms with Crippen molar-refractivity contribution in [3.05, 3.63) is 70.8 Å². The third kappa shape index (κ3) is 6.86. The summed E-state index contributed by atoms with van der Waals surface area (Å²) in [5.41, 5.74) is -5.31. The third-order valence-corrected chi connectivity index (χ3v) is 6.36. The van der Waals surface area contributed by atoms with E-state index in [0.29, 0.717) is 18.4 Å². The molecule has 0 aromatic heterocycles. The zero-order chi connectivity index (χ0) is 28.6. The lowest BCUT2D eigenvalue weighted by Gasteiger charge is -2.54. The van der Waals surface area contributed by atoms with Gasteiger partial charge in [-0.05, 0) is 69.9 Å². The highest BCUT2D eigenvalue weighted by Crippen LogP contribution is 2.50. The number of ether oxygens (including phenoxy) is 2. The first-order chi connectivity index (χ1) is 17.4. The van der Waals surface area contributed by atoms with Gasteiger partial charge >= 0.3 is 18.4 Å². The highest BCUT2D eigenvalue weighted by molar-refractivity contribution is 5.78. The highest BCUT2D eigenvalue weighted by Gasteiger charge is 2.57. The Hall–Kier alpha value is -3.08. The molecule has 1 atom stereocenters. The molecule has 1 fully saturated rings. The van der Waals surface area contributed by atoms with Crippen LogP contribution in [0.1, 0.15) is 68.9 Å². The molecule has 3 rings (SSSR count). The SMILES string of the molecule is CC(OCC1(c2ccccc2)CC(C=O)(NC(=O)OC(C)(C)C)C1)c1cc(C(F)(F)F)cc(C(F)(F)F)c1. The number of alkyl carbamates (subject to hydrolysis) is 1. The number of aldehydes is 1. The largest absolute Gasteiger partial charge is 0.444 e. The van der Waals surface area contributed by atoms with E-state index in [2.05, 4.69) is 5.32 Å². The lowest BCUT2D eigenvalue weighted by atomic mass is 9.55. The van der Waals surface area contributed by atoms with E-state index in [0.717, 1.165) is 5.56 Å². The van der Waals surface area contributed by atoms with E-state index in [9.17, 15) is 35.9 Å². The molecule has 1 saturated carbocycles. The highest BCUT2D eigenvalue weighted by atomic mass is 19.4. The minimum absolute atomic E-state index is 0.0639. The normalized spacial score (nSPS) is 22.8. The molecule has 1 N–H and O–H groups in total. The van der Waals surface area contributed by atoms with E-state index in [1.807, 2.05) is 0 Å². The molecule has 0 aliphatic heterocycles. The fourth-order valence-electron chi connectivity index (χ4n) is 4.64. The van der Waals surface area contributed by atoms with Gasteiger partial charge in [0, 0.05) is 5.41 Å².